The molecule has 0 N–H and O–H groups in total. The van der Waals surface area contributed by atoms with E-state index in [1.54, 1.807) is 6.92 Å². The molecule has 0 atom stereocenters. The van der Waals surface area contributed by atoms with Crippen molar-refractivity contribution in [1.29, 1.82) is 0 Å². The first-order chi connectivity index (χ1) is 9.49. The zero-order valence-corrected chi connectivity index (χ0v) is 12.3. The molecule has 4 nitrogen and oxygen atoms in total. The maximum absolute atomic E-state index is 11.9. The molecule has 0 unspecified atom stereocenters. The summed E-state index contributed by atoms with van der Waals surface area (Å²) in [4.78, 5) is 25.6. The smallest absolute Gasteiger partial charge is 0.347 e. The van der Waals surface area contributed by atoms with E-state index < -0.39 is 5.63 Å². The number of nitrogens with zero attached hydrogens (tertiary/aromatic N) is 1. The molecule has 2 rings (SSSR count). The average molecular weight is 273 g/mol. The third-order valence-electron chi connectivity index (χ3n) is 3.63. The van der Waals surface area contributed by atoms with E-state index >= 15 is 0 Å². The van der Waals surface area contributed by atoms with Crippen LogP contribution in [0.2, 0.25) is 0 Å². The minimum atomic E-state index is -0.556. The highest BCUT2D eigenvalue weighted by molar-refractivity contribution is 5.99. The fourth-order valence-corrected chi connectivity index (χ4v) is 2.54. The number of Topliss-reactive ketones (excluding diaryl/α,β-unsaturated/α-hetero) is 1. The van der Waals surface area contributed by atoms with Gasteiger partial charge < -0.3 is 9.32 Å². The van der Waals surface area contributed by atoms with Gasteiger partial charge in [-0.1, -0.05) is 0 Å². The Kier molecular flexibility index (Phi) is 3.93. The molecule has 1 aromatic heterocycles. The Morgan fingerprint density at radius 3 is 2.45 bits per heavy atom. The summed E-state index contributed by atoms with van der Waals surface area (Å²) < 4.78 is 5.31. The molecule has 0 radical (unpaired) electrons. The van der Waals surface area contributed by atoms with E-state index in [0.717, 1.165) is 24.2 Å². The lowest BCUT2D eigenvalue weighted by Crippen LogP contribution is -2.21. The zero-order valence-electron chi connectivity index (χ0n) is 12.3. The van der Waals surface area contributed by atoms with Crippen LogP contribution in [0.25, 0.3) is 11.0 Å². The number of anilines is 1. The Labute approximate surface area is 118 Å². The molecule has 4 heteroatoms. The van der Waals surface area contributed by atoms with Crippen LogP contribution < -0.4 is 10.5 Å². The SMILES string of the molecule is CCN(CC)c1ccc2c(C)c(C(C)=O)c(=O)oc2c1. The molecule has 0 aliphatic carbocycles. The highest BCUT2D eigenvalue weighted by Crippen LogP contribution is 2.25. The average Bonchev–Trinajstić information content (AvgIpc) is 2.39. The molecule has 1 heterocycles. The molecular weight excluding hydrogens is 254 g/mol. The second-order valence-corrected chi connectivity index (χ2v) is 4.80. The number of carbonyl (C=O) groups is 1. The zero-order chi connectivity index (χ0) is 14.9. The molecule has 0 saturated heterocycles. The number of hydrogen-bond donors (Lipinski definition) is 0. The highest BCUT2D eigenvalue weighted by atomic mass is 16.4. The van der Waals surface area contributed by atoms with E-state index in [1.807, 2.05) is 18.2 Å². The summed E-state index contributed by atoms with van der Waals surface area (Å²) in [5, 5.41) is 0.811. The van der Waals surface area contributed by atoms with Crippen molar-refractivity contribution in [2.45, 2.75) is 27.7 Å². The standard InChI is InChI=1S/C16H19NO3/c1-5-17(6-2)12-7-8-13-10(3)15(11(4)18)16(19)20-14(13)9-12/h7-9H,5-6H2,1-4H3. The maximum Gasteiger partial charge on any atom is 0.347 e. The van der Waals surface area contributed by atoms with Gasteiger partial charge in [0.15, 0.2) is 5.78 Å². The normalized spacial score (nSPS) is 10.8. The number of hydrogen-bond acceptors (Lipinski definition) is 4. The van der Waals surface area contributed by atoms with Crippen LogP contribution >= 0.6 is 0 Å². The minimum absolute atomic E-state index is 0.146. The van der Waals surface area contributed by atoms with Gasteiger partial charge in [-0.2, -0.15) is 0 Å². The second kappa shape index (κ2) is 5.49. The van der Waals surface area contributed by atoms with E-state index in [9.17, 15) is 9.59 Å². The lowest BCUT2D eigenvalue weighted by Gasteiger charge is -2.21. The van der Waals surface area contributed by atoms with Crippen LogP contribution in [-0.2, 0) is 0 Å². The first kappa shape index (κ1) is 14.3. The van der Waals surface area contributed by atoms with E-state index in [4.69, 9.17) is 4.42 Å². The van der Waals surface area contributed by atoms with Gasteiger partial charge in [0.1, 0.15) is 11.1 Å². The topological polar surface area (TPSA) is 50.5 Å². The van der Waals surface area contributed by atoms with Gasteiger partial charge in [0.2, 0.25) is 0 Å². The predicted octanol–water partition coefficient (Wildman–Crippen LogP) is 3.15. The number of carbonyl (C=O) groups excluding carboxylic acids is 1. The maximum atomic E-state index is 11.9. The first-order valence-electron chi connectivity index (χ1n) is 6.82. The molecular formula is C16H19NO3. The number of ketones is 1. The Morgan fingerprint density at radius 2 is 1.90 bits per heavy atom. The van der Waals surface area contributed by atoms with Crippen LogP contribution in [0.3, 0.4) is 0 Å². The Hall–Kier alpha value is -2.10. The summed E-state index contributed by atoms with van der Waals surface area (Å²) in [6.07, 6.45) is 0. The van der Waals surface area contributed by atoms with Crippen LogP contribution in [0.1, 0.15) is 36.7 Å². The van der Waals surface area contributed by atoms with Crippen LogP contribution in [0.15, 0.2) is 27.4 Å². The molecule has 20 heavy (non-hydrogen) atoms. The number of aryl methyl sites for hydroxylation is 1. The van der Waals surface area contributed by atoms with E-state index in [2.05, 4.69) is 18.7 Å². The Balaban J connectivity index is 2.70. The van der Waals surface area contributed by atoms with E-state index in [-0.39, 0.29) is 11.3 Å². The summed E-state index contributed by atoms with van der Waals surface area (Å²) in [6.45, 7) is 9.10. The molecule has 106 valence electrons. The molecule has 2 aromatic rings. The molecule has 0 aliphatic rings. The van der Waals surface area contributed by atoms with Crippen LogP contribution in [-0.4, -0.2) is 18.9 Å². The molecule has 0 amide bonds. The number of benzene rings is 1. The van der Waals surface area contributed by atoms with Gasteiger partial charge >= 0.3 is 5.63 Å². The fourth-order valence-electron chi connectivity index (χ4n) is 2.54. The monoisotopic (exact) mass is 273 g/mol. The molecule has 0 spiro atoms. The number of fused-ring (bicyclic) bond motifs is 1. The van der Waals surface area contributed by atoms with Crippen LogP contribution in [0.4, 0.5) is 5.69 Å². The van der Waals surface area contributed by atoms with Crippen molar-refractivity contribution in [2.24, 2.45) is 0 Å². The predicted molar refractivity (Wildman–Crippen MR) is 80.8 cm³/mol. The van der Waals surface area contributed by atoms with Crippen molar-refractivity contribution in [3.63, 3.8) is 0 Å². The van der Waals surface area contributed by atoms with E-state index in [1.165, 1.54) is 6.92 Å². The number of rotatable bonds is 4. The molecule has 0 bridgehead atoms. The van der Waals surface area contributed by atoms with E-state index in [0.29, 0.717) is 11.1 Å². The van der Waals surface area contributed by atoms with Crippen molar-refractivity contribution in [2.75, 3.05) is 18.0 Å². The molecule has 1 aromatic carbocycles. The quantitative estimate of drug-likeness (QED) is 0.634. The largest absolute Gasteiger partial charge is 0.422 e. The summed E-state index contributed by atoms with van der Waals surface area (Å²) in [6, 6.07) is 5.76. The van der Waals surface area contributed by atoms with Gasteiger partial charge in [-0.15, -0.1) is 0 Å². The van der Waals surface area contributed by atoms with Gasteiger partial charge in [0.25, 0.3) is 0 Å². The highest BCUT2D eigenvalue weighted by Gasteiger charge is 2.15. The lowest BCUT2D eigenvalue weighted by molar-refractivity contribution is 0.101. The summed E-state index contributed by atoms with van der Waals surface area (Å²) in [5.74, 6) is -0.258. The molecule has 0 fully saturated rings. The van der Waals surface area contributed by atoms with Crippen molar-refractivity contribution < 1.29 is 9.21 Å². The summed E-state index contributed by atoms with van der Waals surface area (Å²) in [5.41, 5.74) is 1.82. The Bertz CT molecular complexity index is 711. The molecule has 0 saturated carbocycles. The molecule has 0 aliphatic heterocycles. The third-order valence-corrected chi connectivity index (χ3v) is 3.63. The van der Waals surface area contributed by atoms with Crippen molar-refractivity contribution in [3.05, 3.63) is 39.7 Å². The lowest BCUT2D eigenvalue weighted by atomic mass is 10.0. The van der Waals surface area contributed by atoms with Crippen molar-refractivity contribution in [3.8, 4) is 0 Å². The van der Waals surface area contributed by atoms with Crippen LogP contribution in [0, 0.1) is 6.92 Å². The Morgan fingerprint density at radius 1 is 1.25 bits per heavy atom. The van der Waals surface area contributed by atoms with Gasteiger partial charge in [-0.25, -0.2) is 4.79 Å². The minimum Gasteiger partial charge on any atom is -0.422 e. The van der Waals surface area contributed by atoms with Gasteiger partial charge in [0, 0.05) is 30.2 Å². The second-order valence-electron chi connectivity index (χ2n) is 4.80. The van der Waals surface area contributed by atoms with Crippen molar-refractivity contribution in [1.82, 2.24) is 0 Å². The van der Waals surface area contributed by atoms with Crippen LogP contribution in [0.5, 0.6) is 0 Å². The first-order valence-corrected chi connectivity index (χ1v) is 6.82. The van der Waals surface area contributed by atoms with Gasteiger partial charge in [0.05, 0.1) is 0 Å². The van der Waals surface area contributed by atoms with Crippen molar-refractivity contribution >= 4 is 22.4 Å². The van der Waals surface area contributed by atoms with Gasteiger partial charge in [-0.05, 0) is 45.4 Å². The summed E-state index contributed by atoms with van der Waals surface area (Å²) in [7, 11) is 0. The third kappa shape index (κ3) is 2.33. The fraction of sp³-hybridized carbons (Fsp3) is 0.375. The van der Waals surface area contributed by atoms with Gasteiger partial charge in [-0.3, -0.25) is 4.79 Å². The summed E-state index contributed by atoms with van der Waals surface area (Å²) >= 11 is 0.